The van der Waals surface area contributed by atoms with Gasteiger partial charge in [0.15, 0.2) is 0 Å². The Balaban J connectivity index is 2.40. The van der Waals surface area contributed by atoms with E-state index in [1.807, 2.05) is 0 Å². The maximum absolute atomic E-state index is 13.7. The van der Waals surface area contributed by atoms with Crippen LogP contribution in [0.25, 0.3) is 0 Å². The van der Waals surface area contributed by atoms with E-state index in [1.54, 1.807) is 13.0 Å². The molecule has 92 valence electrons. The van der Waals surface area contributed by atoms with Crippen molar-refractivity contribution in [2.45, 2.75) is 31.6 Å². The van der Waals surface area contributed by atoms with Gasteiger partial charge in [-0.3, -0.25) is 4.79 Å². The standard InChI is InChI=1S/C13H15FO3/c1-8-10(14)5-9(6-11(8)17-2)13(3-4-13)7-12(15)16/h5-6H,3-4,7H2,1-2H3,(H,15,16). The first-order valence-electron chi connectivity index (χ1n) is 5.55. The van der Waals surface area contributed by atoms with Crippen molar-refractivity contribution in [3.05, 3.63) is 29.1 Å². The van der Waals surface area contributed by atoms with Gasteiger partial charge in [0.2, 0.25) is 0 Å². The summed E-state index contributed by atoms with van der Waals surface area (Å²) in [5.41, 5.74) is 0.815. The topological polar surface area (TPSA) is 46.5 Å². The van der Waals surface area contributed by atoms with Gasteiger partial charge in [-0.05, 0) is 37.5 Å². The van der Waals surface area contributed by atoms with Crippen LogP contribution in [0.4, 0.5) is 4.39 Å². The zero-order chi connectivity index (χ0) is 12.6. The molecular weight excluding hydrogens is 223 g/mol. The van der Waals surface area contributed by atoms with Crippen LogP contribution in [0, 0.1) is 12.7 Å². The molecule has 1 fully saturated rings. The third-order valence-corrected chi connectivity index (χ3v) is 3.47. The average molecular weight is 238 g/mol. The number of ether oxygens (including phenoxy) is 1. The zero-order valence-corrected chi connectivity index (χ0v) is 9.92. The van der Waals surface area contributed by atoms with Gasteiger partial charge in [-0.2, -0.15) is 0 Å². The molecule has 1 aliphatic carbocycles. The van der Waals surface area contributed by atoms with Crippen LogP contribution in [0.5, 0.6) is 5.75 Å². The number of methoxy groups -OCH3 is 1. The number of carbonyl (C=O) groups is 1. The van der Waals surface area contributed by atoms with Gasteiger partial charge >= 0.3 is 5.97 Å². The molecule has 0 unspecified atom stereocenters. The largest absolute Gasteiger partial charge is 0.496 e. The fourth-order valence-electron chi connectivity index (χ4n) is 2.18. The van der Waals surface area contributed by atoms with E-state index in [-0.39, 0.29) is 17.7 Å². The van der Waals surface area contributed by atoms with Crippen molar-refractivity contribution < 1.29 is 19.0 Å². The van der Waals surface area contributed by atoms with Crippen molar-refractivity contribution in [1.29, 1.82) is 0 Å². The second kappa shape index (κ2) is 4.02. The number of carboxylic acid groups (broad SMARTS) is 1. The number of aliphatic carboxylic acids is 1. The van der Waals surface area contributed by atoms with Gasteiger partial charge in [0.25, 0.3) is 0 Å². The van der Waals surface area contributed by atoms with Crippen molar-refractivity contribution >= 4 is 5.97 Å². The minimum atomic E-state index is -0.845. The molecule has 1 aromatic rings. The number of hydrogen-bond donors (Lipinski definition) is 1. The van der Waals surface area contributed by atoms with Crippen LogP contribution in [-0.4, -0.2) is 18.2 Å². The van der Waals surface area contributed by atoms with Crippen molar-refractivity contribution in [2.75, 3.05) is 7.11 Å². The molecule has 3 nitrogen and oxygen atoms in total. The molecule has 2 rings (SSSR count). The van der Waals surface area contributed by atoms with Gasteiger partial charge in [-0.25, -0.2) is 4.39 Å². The van der Waals surface area contributed by atoms with Crippen LogP contribution in [0.1, 0.15) is 30.4 Å². The first-order valence-corrected chi connectivity index (χ1v) is 5.55. The van der Waals surface area contributed by atoms with Crippen molar-refractivity contribution in [3.63, 3.8) is 0 Å². The Hall–Kier alpha value is -1.58. The SMILES string of the molecule is COc1cc(C2(CC(=O)O)CC2)cc(F)c1C. The zero-order valence-electron chi connectivity index (χ0n) is 9.92. The second-order valence-corrected chi connectivity index (χ2v) is 4.64. The number of carboxylic acids is 1. The summed E-state index contributed by atoms with van der Waals surface area (Å²) in [7, 11) is 1.49. The maximum atomic E-state index is 13.7. The highest BCUT2D eigenvalue weighted by Crippen LogP contribution is 2.52. The van der Waals surface area contributed by atoms with Gasteiger partial charge in [-0.15, -0.1) is 0 Å². The van der Waals surface area contributed by atoms with Crippen LogP contribution < -0.4 is 4.74 Å². The number of hydrogen-bond acceptors (Lipinski definition) is 2. The Bertz CT molecular complexity index is 464. The molecule has 1 N–H and O–H groups in total. The normalized spacial score (nSPS) is 16.6. The average Bonchev–Trinajstić information content (AvgIpc) is 3.01. The summed E-state index contributed by atoms with van der Waals surface area (Å²) in [6.45, 7) is 1.65. The Morgan fingerprint density at radius 3 is 2.65 bits per heavy atom. The lowest BCUT2D eigenvalue weighted by atomic mass is 9.91. The predicted octanol–water partition coefficient (Wildman–Crippen LogP) is 2.65. The van der Waals surface area contributed by atoms with Crippen LogP contribution in [-0.2, 0) is 10.2 Å². The quantitative estimate of drug-likeness (QED) is 0.877. The Labute approximate surface area is 99.2 Å². The molecule has 0 bridgehead atoms. The summed E-state index contributed by atoms with van der Waals surface area (Å²) in [6, 6.07) is 3.20. The smallest absolute Gasteiger partial charge is 0.304 e. The summed E-state index contributed by atoms with van der Waals surface area (Å²) >= 11 is 0. The van der Waals surface area contributed by atoms with E-state index < -0.39 is 5.97 Å². The summed E-state index contributed by atoms with van der Waals surface area (Å²) in [5, 5.41) is 8.88. The highest BCUT2D eigenvalue weighted by atomic mass is 19.1. The lowest BCUT2D eigenvalue weighted by molar-refractivity contribution is -0.137. The third-order valence-electron chi connectivity index (χ3n) is 3.47. The van der Waals surface area contributed by atoms with Crippen molar-refractivity contribution in [2.24, 2.45) is 0 Å². The van der Waals surface area contributed by atoms with Crippen molar-refractivity contribution in [3.8, 4) is 5.75 Å². The van der Waals surface area contributed by atoms with E-state index in [9.17, 15) is 9.18 Å². The third kappa shape index (κ3) is 2.12. The Kier molecular flexibility index (Phi) is 2.81. The summed E-state index contributed by atoms with van der Waals surface area (Å²) < 4.78 is 18.8. The molecule has 17 heavy (non-hydrogen) atoms. The van der Waals surface area contributed by atoms with E-state index in [1.165, 1.54) is 13.2 Å². The lowest BCUT2D eigenvalue weighted by Gasteiger charge is -2.16. The second-order valence-electron chi connectivity index (χ2n) is 4.64. The van der Waals surface area contributed by atoms with Gasteiger partial charge in [0.05, 0.1) is 13.5 Å². The fraction of sp³-hybridized carbons (Fsp3) is 0.462. The summed E-state index contributed by atoms with van der Waals surface area (Å²) in [5.74, 6) is -0.699. The Morgan fingerprint density at radius 2 is 2.18 bits per heavy atom. The fourth-order valence-corrected chi connectivity index (χ4v) is 2.18. The van der Waals surface area contributed by atoms with E-state index in [0.717, 1.165) is 18.4 Å². The molecule has 0 aromatic heterocycles. The molecule has 0 atom stereocenters. The van der Waals surface area contributed by atoms with Crippen LogP contribution in [0.3, 0.4) is 0 Å². The van der Waals surface area contributed by atoms with Gasteiger partial charge in [0, 0.05) is 11.0 Å². The van der Waals surface area contributed by atoms with Gasteiger partial charge in [0.1, 0.15) is 11.6 Å². The molecule has 1 aromatic carbocycles. The maximum Gasteiger partial charge on any atom is 0.304 e. The monoisotopic (exact) mass is 238 g/mol. The van der Waals surface area contributed by atoms with E-state index in [4.69, 9.17) is 9.84 Å². The van der Waals surface area contributed by atoms with Crippen LogP contribution in [0.2, 0.25) is 0 Å². The van der Waals surface area contributed by atoms with E-state index in [0.29, 0.717) is 11.3 Å². The number of halogens is 1. The highest BCUT2D eigenvalue weighted by molar-refractivity contribution is 5.70. The highest BCUT2D eigenvalue weighted by Gasteiger charge is 2.46. The van der Waals surface area contributed by atoms with Crippen LogP contribution >= 0.6 is 0 Å². The van der Waals surface area contributed by atoms with Crippen LogP contribution in [0.15, 0.2) is 12.1 Å². The number of rotatable bonds is 4. The van der Waals surface area contributed by atoms with Gasteiger partial charge < -0.3 is 9.84 Å². The molecule has 1 saturated carbocycles. The predicted molar refractivity (Wildman–Crippen MR) is 60.9 cm³/mol. The molecule has 0 amide bonds. The summed E-state index contributed by atoms with van der Waals surface area (Å²) in [4.78, 5) is 10.8. The molecule has 0 radical (unpaired) electrons. The first kappa shape index (κ1) is 11.9. The van der Waals surface area contributed by atoms with Gasteiger partial charge in [-0.1, -0.05) is 0 Å². The first-order chi connectivity index (χ1) is 7.98. The molecule has 0 spiro atoms. The summed E-state index contributed by atoms with van der Waals surface area (Å²) in [6.07, 6.45) is 1.65. The molecule has 4 heteroatoms. The van der Waals surface area contributed by atoms with E-state index >= 15 is 0 Å². The molecule has 1 aliphatic rings. The molecule has 0 saturated heterocycles. The molecule has 0 aliphatic heterocycles. The number of benzene rings is 1. The minimum Gasteiger partial charge on any atom is -0.496 e. The molecule has 0 heterocycles. The van der Waals surface area contributed by atoms with E-state index in [2.05, 4.69) is 0 Å². The van der Waals surface area contributed by atoms with Crippen molar-refractivity contribution in [1.82, 2.24) is 0 Å². The minimum absolute atomic E-state index is 0.0542. The Morgan fingerprint density at radius 1 is 1.53 bits per heavy atom. The lowest BCUT2D eigenvalue weighted by Crippen LogP contribution is -2.13. The molecular formula is C13H15FO3.